The van der Waals surface area contributed by atoms with Crippen LogP contribution in [0.25, 0.3) is 0 Å². The fraction of sp³-hybridized carbons (Fsp3) is 0.533. The van der Waals surface area contributed by atoms with Crippen LogP contribution in [0.3, 0.4) is 0 Å². The summed E-state index contributed by atoms with van der Waals surface area (Å²) in [6.07, 6.45) is 1.19. The lowest BCUT2D eigenvalue weighted by molar-refractivity contribution is -0.149. The van der Waals surface area contributed by atoms with Crippen LogP contribution >= 0.6 is 0 Å². The van der Waals surface area contributed by atoms with E-state index in [9.17, 15) is 19.2 Å². The molecule has 0 unspecified atom stereocenters. The van der Waals surface area contributed by atoms with Gasteiger partial charge in [-0.05, 0) is 49.1 Å². The van der Waals surface area contributed by atoms with Crippen LogP contribution in [0.15, 0.2) is 30.3 Å². The number of benzene rings is 1. The molecule has 0 fully saturated rings. The van der Waals surface area contributed by atoms with Crippen molar-refractivity contribution in [2.75, 3.05) is 20.8 Å². The quantitative estimate of drug-likeness (QED) is 0.399. The van der Waals surface area contributed by atoms with E-state index in [0.717, 1.165) is 29.7 Å². The molecule has 1 aromatic heterocycles. The minimum absolute atomic E-state index is 0.00914. The lowest BCUT2D eigenvalue weighted by Crippen LogP contribution is -2.43. The van der Waals surface area contributed by atoms with Gasteiger partial charge in [-0.15, -0.1) is 0 Å². The number of rotatable bonds is 12. The van der Waals surface area contributed by atoms with E-state index < -0.39 is 34.7 Å². The van der Waals surface area contributed by atoms with Gasteiger partial charge in [0.2, 0.25) is 0 Å². The highest BCUT2D eigenvalue weighted by atomic mass is 16.5. The normalized spacial score (nSPS) is 12.4. The van der Waals surface area contributed by atoms with Crippen LogP contribution in [-0.2, 0) is 36.3 Å². The van der Waals surface area contributed by atoms with E-state index >= 15 is 0 Å². The molecule has 1 heterocycles. The summed E-state index contributed by atoms with van der Waals surface area (Å²) in [6, 6.07) is 8.42. The molecule has 39 heavy (non-hydrogen) atoms. The lowest BCUT2D eigenvalue weighted by atomic mass is 9.72. The third kappa shape index (κ3) is 7.07. The highest BCUT2D eigenvalue weighted by Gasteiger charge is 2.35. The van der Waals surface area contributed by atoms with Gasteiger partial charge in [0, 0.05) is 23.6 Å². The smallest absolute Gasteiger partial charge is 0.328 e. The molecule has 0 saturated carbocycles. The van der Waals surface area contributed by atoms with Crippen LogP contribution in [0.2, 0.25) is 0 Å². The topological polar surface area (TPSA) is 113 Å². The van der Waals surface area contributed by atoms with Crippen molar-refractivity contribution in [3.8, 4) is 5.75 Å². The number of nitrogens with one attached hydrogen (secondary N) is 1. The molecule has 9 heteroatoms. The van der Waals surface area contributed by atoms with Crippen LogP contribution in [-0.4, -0.2) is 55.1 Å². The summed E-state index contributed by atoms with van der Waals surface area (Å²) in [7, 11) is 4.21. The minimum atomic E-state index is -1.17. The van der Waals surface area contributed by atoms with E-state index in [1.807, 2.05) is 50.5 Å². The van der Waals surface area contributed by atoms with Crippen molar-refractivity contribution < 1.29 is 33.4 Å². The molecule has 2 rings (SSSR count). The summed E-state index contributed by atoms with van der Waals surface area (Å²) in [6.45, 7) is 11.8. The van der Waals surface area contributed by atoms with Crippen LogP contribution < -0.4 is 10.1 Å². The lowest BCUT2D eigenvalue weighted by Gasteiger charge is -2.34. The second-order valence-electron chi connectivity index (χ2n) is 10.7. The molecule has 0 aliphatic rings. The number of aromatic nitrogens is 1. The predicted octanol–water partition coefficient (Wildman–Crippen LogP) is 4.27. The molecule has 1 atom stereocenters. The second kappa shape index (κ2) is 13.0. The Morgan fingerprint density at radius 3 is 2.13 bits per heavy atom. The van der Waals surface area contributed by atoms with Gasteiger partial charge in [-0.1, -0.05) is 46.8 Å². The molecular weight excluding hydrogens is 500 g/mol. The van der Waals surface area contributed by atoms with Crippen molar-refractivity contribution in [3.05, 3.63) is 52.8 Å². The summed E-state index contributed by atoms with van der Waals surface area (Å²) < 4.78 is 17.1. The number of methoxy groups -OCH3 is 2. The summed E-state index contributed by atoms with van der Waals surface area (Å²) in [5, 5.41) is 2.60. The molecule has 0 radical (unpaired) electrons. The first kappa shape index (κ1) is 31.6. The average Bonchev–Trinajstić information content (AvgIpc) is 3.29. The molecule has 1 N–H and O–H groups in total. The SMILES string of the molecule is CCC(CC)(c1ccc(OCC(=O)C(C)(C)C)c(C)c1)c1ccc(C(=O)N[C@@H](CC(=O)OC)C(=O)OC)n1C. The van der Waals surface area contributed by atoms with Gasteiger partial charge in [0.15, 0.2) is 5.78 Å². The van der Waals surface area contributed by atoms with Gasteiger partial charge in [-0.25, -0.2) is 4.79 Å². The van der Waals surface area contributed by atoms with E-state index in [1.54, 1.807) is 13.1 Å². The van der Waals surface area contributed by atoms with Gasteiger partial charge < -0.3 is 24.1 Å². The van der Waals surface area contributed by atoms with Crippen molar-refractivity contribution >= 4 is 23.6 Å². The molecule has 1 aromatic carbocycles. The Morgan fingerprint density at radius 1 is 0.974 bits per heavy atom. The first-order valence-corrected chi connectivity index (χ1v) is 13.1. The number of nitrogens with zero attached hydrogens (tertiary/aromatic N) is 1. The maximum atomic E-state index is 13.2. The molecule has 0 bridgehead atoms. The molecular formula is C30H42N2O7. The van der Waals surface area contributed by atoms with Crippen molar-refractivity contribution in [1.82, 2.24) is 9.88 Å². The number of hydrogen-bond acceptors (Lipinski definition) is 7. The van der Waals surface area contributed by atoms with Crippen LogP contribution in [0.5, 0.6) is 5.75 Å². The largest absolute Gasteiger partial charge is 0.486 e. The number of ketones is 1. The summed E-state index contributed by atoms with van der Waals surface area (Å²) in [5.74, 6) is -1.20. The Balaban J connectivity index is 2.39. The van der Waals surface area contributed by atoms with Gasteiger partial charge in [-0.2, -0.15) is 0 Å². The maximum absolute atomic E-state index is 13.2. The zero-order valence-corrected chi connectivity index (χ0v) is 24.6. The number of Topliss-reactive ketones (excluding diaryl/α,β-unsaturated/α-hetero) is 1. The van der Waals surface area contributed by atoms with Gasteiger partial charge in [-0.3, -0.25) is 14.4 Å². The number of amides is 1. The van der Waals surface area contributed by atoms with Crippen LogP contribution in [0.1, 0.15) is 81.2 Å². The number of hydrogen-bond donors (Lipinski definition) is 1. The maximum Gasteiger partial charge on any atom is 0.328 e. The number of ether oxygens (including phenoxy) is 3. The third-order valence-corrected chi connectivity index (χ3v) is 7.36. The predicted molar refractivity (Wildman–Crippen MR) is 148 cm³/mol. The van der Waals surface area contributed by atoms with Crippen molar-refractivity contribution in [3.63, 3.8) is 0 Å². The van der Waals surface area contributed by atoms with E-state index in [4.69, 9.17) is 9.47 Å². The zero-order valence-electron chi connectivity index (χ0n) is 24.6. The van der Waals surface area contributed by atoms with Gasteiger partial charge in [0.05, 0.1) is 20.6 Å². The molecule has 0 saturated heterocycles. The van der Waals surface area contributed by atoms with E-state index in [0.29, 0.717) is 11.4 Å². The summed E-state index contributed by atoms with van der Waals surface area (Å²) >= 11 is 0. The van der Waals surface area contributed by atoms with E-state index in [-0.39, 0.29) is 18.8 Å². The third-order valence-electron chi connectivity index (χ3n) is 7.36. The first-order valence-electron chi connectivity index (χ1n) is 13.1. The Kier molecular flexibility index (Phi) is 10.5. The Bertz CT molecular complexity index is 1200. The summed E-state index contributed by atoms with van der Waals surface area (Å²) in [5.41, 5.74) is 2.36. The Morgan fingerprint density at radius 2 is 1.62 bits per heavy atom. The fourth-order valence-electron chi connectivity index (χ4n) is 4.67. The molecule has 214 valence electrons. The Hall–Kier alpha value is -3.62. The Labute approximate surface area is 231 Å². The molecule has 0 aliphatic heterocycles. The fourth-order valence-corrected chi connectivity index (χ4v) is 4.67. The molecule has 2 aromatic rings. The molecule has 1 amide bonds. The van der Waals surface area contributed by atoms with E-state index in [1.165, 1.54) is 14.2 Å². The highest BCUT2D eigenvalue weighted by molar-refractivity contribution is 5.96. The number of aryl methyl sites for hydroxylation is 1. The number of carbonyl (C=O) groups is 4. The van der Waals surface area contributed by atoms with Crippen molar-refractivity contribution in [2.45, 2.75) is 72.3 Å². The molecule has 9 nitrogen and oxygen atoms in total. The minimum Gasteiger partial charge on any atom is -0.486 e. The monoisotopic (exact) mass is 542 g/mol. The van der Waals surface area contributed by atoms with E-state index in [2.05, 4.69) is 30.0 Å². The number of carbonyl (C=O) groups excluding carboxylic acids is 4. The first-order chi connectivity index (χ1) is 18.2. The van der Waals surface area contributed by atoms with Crippen LogP contribution in [0.4, 0.5) is 0 Å². The zero-order chi connectivity index (χ0) is 29.5. The van der Waals surface area contributed by atoms with Crippen LogP contribution in [0, 0.1) is 12.3 Å². The van der Waals surface area contributed by atoms with Crippen molar-refractivity contribution in [2.24, 2.45) is 12.5 Å². The van der Waals surface area contributed by atoms with Gasteiger partial charge in [0.25, 0.3) is 5.91 Å². The standard InChI is InChI=1S/C30H42N2O7/c1-10-30(11-2,20-12-14-23(19(3)16-20)39-18-25(33)29(4,5)6)24-15-13-22(32(24)7)27(35)31-21(28(36)38-9)17-26(34)37-8/h12-16,21H,10-11,17-18H2,1-9H3,(H,31,35)/t21-/m0/s1. The van der Waals surface area contributed by atoms with Crippen molar-refractivity contribution in [1.29, 1.82) is 0 Å². The molecule has 0 aliphatic carbocycles. The number of esters is 2. The highest BCUT2D eigenvalue weighted by Crippen LogP contribution is 2.41. The molecule has 0 spiro atoms. The van der Waals surface area contributed by atoms with Gasteiger partial charge in [0.1, 0.15) is 24.1 Å². The summed E-state index contributed by atoms with van der Waals surface area (Å²) in [4.78, 5) is 49.4. The second-order valence-corrected chi connectivity index (χ2v) is 10.7. The average molecular weight is 543 g/mol. The van der Waals surface area contributed by atoms with Gasteiger partial charge >= 0.3 is 11.9 Å².